The highest BCUT2D eigenvalue weighted by Gasteiger charge is 2.32. The maximum absolute atomic E-state index is 14.8. The van der Waals surface area contributed by atoms with E-state index in [0.29, 0.717) is 49.5 Å². The molecule has 9 nitrogen and oxygen atoms in total. The smallest absolute Gasteiger partial charge is 0.410 e. The van der Waals surface area contributed by atoms with E-state index in [0.717, 1.165) is 51.3 Å². The van der Waals surface area contributed by atoms with Crippen molar-refractivity contribution in [2.24, 2.45) is 7.05 Å². The third-order valence-electron chi connectivity index (χ3n) is 10.8. The summed E-state index contributed by atoms with van der Waals surface area (Å²) in [4.78, 5) is 49.5. The Bertz CT molecular complexity index is 2320. The molecule has 2 aliphatic rings. The number of amides is 3. The molecule has 1 aromatic heterocycles. The summed E-state index contributed by atoms with van der Waals surface area (Å²) in [6.45, 7) is 5.96. The summed E-state index contributed by atoms with van der Waals surface area (Å²) in [6.07, 6.45) is 0.907. The van der Waals surface area contributed by atoms with Gasteiger partial charge < -0.3 is 24.0 Å². The lowest BCUT2D eigenvalue weighted by atomic mass is 9.90. The minimum atomic E-state index is -0.445. The maximum Gasteiger partial charge on any atom is 0.415 e. The number of anilines is 1. The van der Waals surface area contributed by atoms with Crippen molar-refractivity contribution < 1.29 is 19.1 Å². The number of hydrogen-bond donors (Lipinski definition) is 0. The lowest BCUT2D eigenvalue weighted by Crippen LogP contribution is -2.43. The zero-order chi connectivity index (χ0) is 38.8. The van der Waals surface area contributed by atoms with Crippen LogP contribution in [0.4, 0.5) is 10.5 Å². The molecule has 0 spiro atoms. The van der Waals surface area contributed by atoms with Crippen molar-refractivity contribution in [2.75, 3.05) is 39.1 Å². The van der Waals surface area contributed by atoms with Crippen LogP contribution in [0.1, 0.15) is 61.2 Å². The molecule has 7 rings (SSSR count). The zero-order valence-electron chi connectivity index (χ0n) is 32.4. The highest BCUT2D eigenvalue weighted by atomic mass is 16.6. The molecule has 0 radical (unpaired) electrons. The quantitative estimate of drug-likeness (QED) is 0.171. The van der Waals surface area contributed by atoms with Gasteiger partial charge in [-0.3, -0.25) is 14.5 Å². The number of ether oxygens (including phenoxy) is 1. The van der Waals surface area contributed by atoms with Crippen LogP contribution in [-0.4, -0.2) is 77.4 Å². The van der Waals surface area contributed by atoms with Gasteiger partial charge in [0.15, 0.2) is 0 Å². The molecule has 4 aromatic carbocycles. The Labute approximate surface area is 323 Å². The molecule has 55 heavy (non-hydrogen) atoms. The molecule has 3 heterocycles. The van der Waals surface area contributed by atoms with Crippen LogP contribution < -0.4 is 9.64 Å². The molecule has 0 bridgehead atoms. The minimum Gasteiger partial charge on any atom is -0.410 e. The molecule has 0 aliphatic carbocycles. The topological polar surface area (TPSA) is 78.3 Å². The standard InChI is InChI=1S/C46H47N5O4/c1-31-25-34-14-10-11-15-36(34)30-51(31)45(53)42-27-37-29-50(46(54)55-39-20-18-33(19-21-39)13-12-23-47(3)4)24-22-35(37)26-41(42)43-28-40(32(2)48(43)5)44(52)49(6)38-16-8-7-9-17-38/h7-11,14-21,26-28,31H,22-25,29-30H2,1-6H3/t31-/m1/s1. The fraction of sp³-hybridized carbons (Fsp3) is 0.283. The second-order valence-electron chi connectivity index (χ2n) is 14.8. The molecule has 9 heteroatoms. The normalized spacial score (nSPS) is 14.8. The van der Waals surface area contributed by atoms with E-state index in [1.54, 1.807) is 29.0 Å². The zero-order valence-corrected chi connectivity index (χ0v) is 32.4. The monoisotopic (exact) mass is 733 g/mol. The van der Waals surface area contributed by atoms with Crippen LogP contribution in [0.25, 0.3) is 11.3 Å². The van der Waals surface area contributed by atoms with Crippen LogP contribution in [0.15, 0.2) is 97.1 Å². The SMILES string of the molecule is Cc1c(C(=O)N(C)c2ccccc2)cc(-c2cc3c(cc2C(=O)N2Cc4ccccc4C[C@H]2C)CN(C(=O)Oc2ccc(C#CCN(C)C)cc2)CC3)n1C. The first-order valence-corrected chi connectivity index (χ1v) is 18.7. The Hall–Kier alpha value is -6.11. The van der Waals surface area contributed by atoms with Crippen LogP contribution in [-0.2, 0) is 33.0 Å². The summed E-state index contributed by atoms with van der Waals surface area (Å²) in [7, 11) is 7.66. The molecule has 0 fully saturated rings. The largest absolute Gasteiger partial charge is 0.415 e. The molecule has 0 unspecified atom stereocenters. The summed E-state index contributed by atoms with van der Waals surface area (Å²) < 4.78 is 7.81. The van der Waals surface area contributed by atoms with Gasteiger partial charge in [0, 0.05) is 73.5 Å². The van der Waals surface area contributed by atoms with E-state index in [4.69, 9.17) is 4.74 Å². The van der Waals surface area contributed by atoms with E-state index in [1.165, 1.54) is 5.56 Å². The average Bonchev–Trinajstić information content (AvgIpc) is 3.49. The van der Waals surface area contributed by atoms with Gasteiger partial charge in [-0.25, -0.2) is 4.79 Å². The van der Waals surface area contributed by atoms with Gasteiger partial charge >= 0.3 is 6.09 Å². The van der Waals surface area contributed by atoms with Gasteiger partial charge in [0.1, 0.15) is 5.75 Å². The minimum absolute atomic E-state index is 0.0186. The summed E-state index contributed by atoms with van der Waals surface area (Å²) in [5.74, 6) is 6.48. The van der Waals surface area contributed by atoms with Gasteiger partial charge in [-0.15, -0.1) is 0 Å². The van der Waals surface area contributed by atoms with E-state index in [-0.39, 0.29) is 17.9 Å². The fourth-order valence-electron chi connectivity index (χ4n) is 7.45. The Kier molecular flexibility index (Phi) is 10.6. The fourth-order valence-corrected chi connectivity index (χ4v) is 7.45. The molecular weight excluding hydrogens is 687 g/mol. The van der Waals surface area contributed by atoms with Crippen LogP contribution >= 0.6 is 0 Å². The number of nitrogens with zero attached hydrogens (tertiary/aromatic N) is 5. The van der Waals surface area contributed by atoms with Crippen molar-refractivity contribution in [1.29, 1.82) is 0 Å². The second-order valence-corrected chi connectivity index (χ2v) is 14.8. The Morgan fingerprint density at radius 1 is 0.818 bits per heavy atom. The van der Waals surface area contributed by atoms with Crippen molar-refractivity contribution in [1.82, 2.24) is 19.3 Å². The van der Waals surface area contributed by atoms with Gasteiger partial charge in [0.2, 0.25) is 0 Å². The molecule has 0 saturated carbocycles. The van der Waals surface area contributed by atoms with E-state index >= 15 is 0 Å². The summed E-state index contributed by atoms with van der Waals surface area (Å²) in [6, 6.07) is 31.0. The van der Waals surface area contributed by atoms with Crippen molar-refractivity contribution in [3.8, 4) is 28.8 Å². The molecular formula is C46H47N5O4. The summed E-state index contributed by atoms with van der Waals surface area (Å²) in [5, 5.41) is 0. The average molecular weight is 734 g/mol. The van der Waals surface area contributed by atoms with E-state index in [9.17, 15) is 14.4 Å². The number of carbonyl (C=O) groups is 3. The number of rotatable bonds is 6. The number of hydrogen-bond acceptors (Lipinski definition) is 5. The van der Waals surface area contributed by atoms with Gasteiger partial charge in [-0.05, 0) is 118 Å². The molecule has 280 valence electrons. The molecule has 0 saturated heterocycles. The van der Waals surface area contributed by atoms with E-state index in [1.807, 2.05) is 109 Å². The van der Waals surface area contributed by atoms with Gasteiger partial charge in [-0.2, -0.15) is 0 Å². The number of para-hydroxylation sites is 1. The molecule has 5 aromatic rings. The first-order chi connectivity index (χ1) is 26.5. The maximum atomic E-state index is 14.8. The number of carbonyl (C=O) groups excluding carboxylic acids is 3. The predicted molar refractivity (Wildman–Crippen MR) is 216 cm³/mol. The number of benzene rings is 4. The highest BCUT2D eigenvalue weighted by molar-refractivity contribution is 6.08. The number of aromatic nitrogens is 1. The third kappa shape index (κ3) is 7.78. The van der Waals surface area contributed by atoms with Crippen LogP contribution in [0.5, 0.6) is 5.75 Å². The second kappa shape index (κ2) is 15.7. The third-order valence-corrected chi connectivity index (χ3v) is 10.8. The lowest BCUT2D eigenvalue weighted by molar-refractivity contribution is 0.0658. The van der Waals surface area contributed by atoms with Crippen LogP contribution in [0.3, 0.4) is 0 Å². The lowest BCUT2D eigenvalue weighted by Gasteiger charge is -2.36. The van der Waals surface area contributed by atoms with E-state index in [2.05, 4.69) is 37.0 Å². The van der Waals surface area contributed by atoms with Crippen LogP contribution in [0, 0.1) is 18.8 Å². The van der Waals surface area contributed by atoms with Crippen molar-refractivity contribution >= 4 is 23.6 Å². The van der Waals surface area contributed by atoms with E-state index < -0.39 is 6.09 Å². The van der Waals surface area contributed by atoms with Gasteiger partial charge in [-0.1, -0.05) is 54.3 Å². The van der Waals surface area contributed by atoms with Crippen LogP contribution in [0.2, 0.25) is 0 Å². The number of fused-ring (bicyclic) bond motifs is 2. The van der Waals surface area contributed by atoms with Crippen molar-refractivity contribution in [2.45, 2.75) is 45.8 Å². The first-order valence-electron chi connectivity index (χ1n) is 18.7. The first kappa shape index (κ1) is 37.2. The summed E-state index contributed by atoms with van der Waals surface area (Å²) >= 11 is 0. The Morgan fingerprint density at radius 3 is 2.25 bits per heavy atom. The predicted octanol–water partition coefficient (Wildman–Crippen LogP) is 7.33. The van der Waals surface area contributed by atoms with Gasteiger partial charge in [0.05, 0.1) is 12.1 Å². The molecule has 2 aliphatic heterocycles. The van der Waals surface area contributed by atoms with Crippen molar-refractivity contribution in [3.63, 3.8) is 0 Å². The summed E-state index contributed by atoms with van der Waals surface area (Å²) in [5.41, 5.74) is 9.48. The Morgan fingerprint density at radius 2 is 1.53 bits per heavy atom. The van der Waals surface area contributed by atoms with Crippen molar-refractivity contribution in [3.05, 3.63) is 142 Å². The molecule has 3 amide bonds. The Balaban J connectivity index is 1.21. The highest BCUT2D eigenvalue weighted by Crippen LogP contribution is 2.36. The molecule has 1 atom stereocenters. The molecule has 0 N–H and O–H groups in total. The van der Waals surface area contributed by atoms with Gasteiger partial charge in [0.25, 0.3) is 11.8 Å².